The van der Waals surface area contributed by atoms with E-state index in [0.29, 0.717) is 22.8 Å². The maximum absolute atomic E-state index is 11.8. The molecule has 1 saturated carbocycles. The van der Waals surface area contributed by atoms with Crippen LogP contribution in [-0.4, -0.2) is 10.8 Å². The van der Waals surface area contributed by atoms with Gasteiger partial charge in [-0.15, -0.1) is 0 Å². The van der Waals surface area contributed by atoms with Crippen molar-refractivity contribution in [2.75, 3.05) is 0 Å². The van der Waals surface area contributed by atoms with Crippen LogP contribution < -0.4 is 4.74 Å². The monoisotopic (exact) mass is 264 g/mol. The Morgan fingerprint density at radius 3 is 2.40 bits per heavy atom. The van der Waals surface area contributed by atoms with Gasteiger partial charge < -0.3 is 4.74 Å². The van der Waals surface area contributed by atoms with Gasteiger partial charge in [0.05, 0.1) is 17.8 Å². The molecule has 1 aliphatic rings. The highest BCUT2D eigenvalue weighted by Crippen LogP contribution is 2.32. The van der Waals surface area contributed by atoms with Crippen LogP contribution in [0, 0.1) is 17.2 Å². The Kier molecular flexibility index (Phi) is 3.18. The standard InChI is InChI=1S/C16H12N2O2/c17-9-11-1-5-13(6-2-11)20-14-7-8-15(18-10-14)16(19)12-3-4-12/h1-2,5-8,10,12H,3-4H2. The van der Waals surface area contributed by atoms with E-state index in [1.807, 2.05) is 6.07 Å². The van der Waals surface area contributed by atoms with Crippen LogP contribution in [0.25, 0.3) is 0 Å². The summed E-state index contributed by atoms with van der Waals surface area (Å²) in [5.41, 5.74) is 1.08. The van der Waals surface area contributed by atoms with Crippen molar-refractivity contribution in [2.45, 2.75) is 12.8 Å². The number of pyridine rings is 1. The van der Waals surface area contributed by atoms with E-state index in [-0.39, 0.29) is 11.7 Å². The van der Waals surface area contributed by atoms with Crippen LogP contribution >= 0.6 is 0 Å². The van der Waals surface area contributed by atoms with Crippen LogP contribution in [0.5, 0.6) is 11.5 Å². The molecule has 0 aliphatic heterocycles. The zero-order chi connectivity index (χ0) is 13.9. The highest BCUT2D eigenvalue weighted by atomic mass is 16.5. The Labute approximate surface area is 116 Å². The van der Waals surface area contributed by atoms with Crippen molar-refractivity contribution in [3.05, 3.63) is 53.9 Å². The Morgan fingerprint density at radius 1 is 1.15 bits per heavy atom. The maximum Gasteiger partial charge on any atom is 0.184 e. The molecule has 0 spiro atoms. The summed E-state index contributed by atoms with van der Waals surface area (Å²) in [5.74, 6) is 1.50. The Bertz CT molecular complexity index is 665. The summed E-state index contributed by atoms with van der Waals surface area (Å²) in [6.07, 6.45) is 3.50. The van der Waals surface area contributed by atoms with Crippen LogP contribution in [0.1, 0.15) is 28.9 Å². The molecule has 0 radical (unpaired) electrons. The van der Waals surface area contributed by atoms with Gasteiger partial charge in [-0.3, -0.25) is 4.79 Å². The van der Waals surface area contributed by atoms with Crippen molar-refractivity contribution in [1.82, 2.24) is 4.98 Å². The third kappa shape index (κ3) is 2.67. The zero-order valence-corrected chi connectivity index (χ0v) is 10.7. The number of aromatic nitrogens is 1. The molecule has 1 heterocycles. The summed E-state index contributed by atoms with van der Waals surface area (Å²) in [5, 5.41) is 8.72. The first-order valence-corrected chi connectivity index (χ1v) is 6.44. The number of carbonyl (C=O) groups is 1. The Balaban J connectivity index is 1.71. The minimum absolute atomic E-state index is 0.120. The molecule has 1 aromatic heterocycles. The highest BCUT2D eigenvalue weighted by Gasteiger charge is 2.31. The Morgan fingerprint density at radius 2 is 1.85 bits per heavy atom. The summed E-state index contributed by atoms with van der Waals surface area (Å²) in [6, 6.07) is 12.3. The molecule has 0 bridgehead atoms. The van der Waals surface area contributed by atoms with Crippen molar-refractivity contribution in [1.29, 1.82) is 5.26 Å². The van der Waals surface area contributed by atoms with Crippen LogP contribution in [0.15, 0.2) is 42.6 Å². The zero-order valence-electron chi connectivity index (χ0n) is 10.7. The number of benzene rings is 1. The van der Waals surface area contributed by atoms with E-state index >= 15 is 0 Å². The fraction of sp³-hybridized carbons (Fsp3) is 0.188. The molecule has 20 heavy (non-hydrogen) atoms. The van der Waals surface area contributed by atoms with Gasteiger partial charge in [-0.25, -0.2) is 4.98 Å². The number of ether oxygens (including phenoxy) is 1. The quantitative estimate of drug-likeness (QED) is 0.794. The predicted octanol–water partition coefficient (Wildman–Crippen LogP) is 3.34. The van der Waals surface area contributed by atoms with Gasteiger partial charge >= 0.3 is 0 Å². The Hall–Kier alpha value is -2.67. The number of rotatable bonds is 4. The van der Waals surface area contributed by atoms with E-state index < -0.39 is 0 Å². The average Bonchev–Trinajstić information content (AvgIpc) is 3.33. The molecule has 1 fully saturated rings. The van der Waals surface area contributed by atoms with Gasteiger partial charge in [0, 0.05) is 5.92 Å². The molecule has 0 unspecified atom stereocenters. The number of hydrogen-bond acceptors (Lipinski definition) is 4. The van der Waals surface area contributed by atoms with E-state index in [0.717, 1.165) is 12.8 Å². The maximum atomic E-state index is 11.8. The summed E-state index contributed by atoms with van der Waals surface area (Å²) in [6.45, 7) is 0. The molecule has 98 valence electrons. The molecule has 4 heteroatoms. The first kappa shape index (κ1) is 12.4. The number of carbonyl (C=O) groups excluding carboxylic acids is 1. The summed E-state index contributed by atoms with van der Waals surface area (Å²) in [7, 11) is 0. The molecule has 0 atom stereocenters. The lowest BCUT2D eigenvalue weighted by molar-refractivity contribution is 0.0962. The third-order valence-electron chi connectivity index (χ3n) is 3.16. The summed E-state index contributed by atoms with van der Waals surface area (Å²) in [4.78, 5) is 16.0. The minimum Gasteiger partial charge on any atom is -0.456 e. The van der Waals surface area contributed by atoms with E-state index in [1.165, 1.54) is 0 Å². The molecule has 1 aliphatic carbocycles. The van der Waals surface area contributed by atoms with Gasteiger partial charge in [0.1, 0.15) is 17.2 Å². The first-order valence-electron chi connectivity index (χ1n) is 6.44. The molecular weight excluding hydrogens is 252 g/mol. The SMILES string of the molecule is N#Cc1ccc(Oc2ccc(C(=O)C3CC3)nc2)cc1. The van der Waals surface area contributed by atoms with Gasteiger partial charge in [-0.1, -0.05) is 0 Å². The van der Waals surface area contributed by atoms with Gasteiger partial charge in [0.25, 0.3) is 0 Å². The molecule has 0 amide bonds. The molecule has 3 rings (SSSR count). The number of hydrogen-bond donors (Lipinski definition) is 0. The normalized spacial score (nSPS) is 13.6. The smallest absolute Gasteiger partial charge is 0.184 e. The van der Waals surface area contributed by atoms with Crippen LogP contribution in [0.2, 0.25) is 0 Å². The second kappa shape index (κ2) is 5.14. The second-order valence-electron chi connectivity index (χ2n) is 4.76. The van der Waals surface area contributed by atoms with Crippen molar-refractivity contribution in [3.8, 4) is 17.6 Å². The first-order chi connectivity index (χ1) is 9.76. The lowest BCUT2D eigenvalue weighted by Gasteiger charge is -2.05. The molecule has 2 aromatic rings. The van der Waals surface area contributed by atoms with Crippen molar-refractivity contribution >= 4 is 5.78 Å². The predicted molar refractivity (Wildman–Crippen MR) is 72.5 cm³/mol. The van der Waals surface area contributed by atoms with Gasteiger partial charge in [0.15, 0.2) is 5.78 Å². The average molecular weight is 264 g/mol. The molecule has 0 N–H and O–H groups in total. The number of nitrogens with zero attached hydrogens (tertiary/aromatic N) is 2. The third-order valence-corrected chi connectivity index (χ3v) is 3.16. The van der Waals surface area contributed by atoms with Gasteiger partial charge in [-0.2, -0.15) is 5.26 Å². The number of ketones is 1. The van der Waals surface area contributed by atoms with Crippen molar-refractivity contribution < 1.29 is 9.53 Å². The lowest BCUT2D eigenvalue weighted by atomic mass is 10.2. The topological polar surface area (TPSA) is 63.0 Å². The highest BCUT2D eigenvalue weighted by molar-refractivity contribution is 5.97. The molecular formula is C16H12N2O2. The van der Waals surface area contributed by atoms with Crippen LogP contribution in [-0.2, 0) is 0 Å². The molecule has 4 nitrogen and oxygen atoms in total. The second-order valence-corrected chi connectivity index (χ2v) is 4.76. The van der Waals surface area contributed by atoms with Crippen molar-refractivity contribution in [2.24, 2.45) is 5.92 Å². The molecule has 1 aromatic carbocycles. The summed E-state index contributed by atoms with van der Waals surface area (Å²) < 4.78 is 5.61. The van der Waals surface area contributed by atoms with Gasteiger partial charge in [0.2, 0.25) is 0 Å². The summed E-state index contributed by atoms with van der Waals surface area (Å²) >= 11 is 0. The van der Waals surface area contributed by atoms with E-state index in [1.54, 1.807) is 42.6 Å². The van der Waals surface area contributed by atoms with Crippen LogP contribution in [0.3, 0.4) is 0 Å². The van der Waals surface area contributed by atoms with E-state index in [2.05, 4.69) is 4.98 Å². The lowest BCUT2D eigenvalue weighted by Crippen LogP contribution is -2.03. The molecule has 0 saturated heterocycles. The van der Waals surface area contributed by atoms with Crippen molar-refractivity contribution in [3.63, 3.8) is 0 Å². The number of Topliss-reactive ketones (excluding diaryl/α,β-unsaturated/α-hetero) is 1. The fourth-order valence-corrected chi connectivity index (χ4v) is 1.87. The van der Waals surface area contributed by atoms with E-state index in [9.17, 15) is 4.79 Å². The van der Waals surface area contributed by atoms with E-state index in [4.69, 9.17) is 10.00 Å². The fourth-order valence-electron chi connectivity index (χ4n) is 1.87. The minimum atomic E-state index is 0.120. The number of nitriles is 1. The van der Waals surface area contributed by atoms with Gasteiger partial charge in [-0.05, 0) is 49.2 Å². The largest absolute Gasteiger partial charge is 0.456 e. The van der Waals surface area contributed by atoms with Crippen LogP contribution in [0.4, 0.5) is 0 Å².